The number of carbonyl (C=O) groups is 1. The molecule has 2 rings (SSSR count). The van der Waals surface area contributed by atoms with E-state index in [-0.39, 0.29) is 11.4 Å². The van der Waals surface area contributed by atoms with E-state index in [4.69, 9.17) is 0 Å². The van der Waals surface area contributed by atoms with Gasteiger partial charge in [-0.3, -0.25) is 4.79 Å². The van der Waals surface area contributed by atoms with Crippen LogP contribution in [0.5, 0.6) is 0 Å². The van der Waals surface area contributed by atoms with E-state index in [1.807, 2.05) is 23.4 Å². The van der Waals surface area contributed by atoms with Gasteiger partial charge in [-0.05, 0) is 45.6 Å². The van der Waals surface area contributed by atoms with E-state index >= 15 is 0 Å². The van der Waals surface area contributed by atoms with Gasteiger partial charge in [-0.1, -0.05) is 6.92 Å². The minimum absolute atomic E-state index is 0.0354. The zero-order valence-electron chi connectivity index (χ0n) is 11.9. The van der Waals surface area contributed by atoms with Gasteiger partial charge in [0.25, 0.3) is 5.91 Å². The van der Waals surface area contributed by atoms with E-state index in [0.29, 0.717) is 5.92 Å². The van der Waals surface area contributed by atoms with Gasteiger partial charge in [-0.15, -0.1) is 0 Å². The smallest absolute Gasteiger partial charge is 0.255 e. The minimum atomic E-state index is 0.0354. The van der Waals surface area contributed by atoms with Crippen LogP contribution in [0.1, 0.15) is 50.9 Å². The van der Waals surface area contributed by atoms with Crippen LogP contribution in [-0.4, -0.2) is 28.5 Å². The molecule has 1 saturated heterocycles. The van der Waals surface area contributed by atoms with Crippen molar-refractivity contribution in [2.45, 2.75) is 46.1 Å². The van der Waals surface area contributed by atoms with Crippen LogP contribution in [0.4, 0.5) is 0 Å². The first-order valence-electron chi connectivity index (χ1n) is 6.85. The molecule has 100 valence electrons. The second-order valence-corrected chi connectivity index (χ2v) is 6.48. The number of hydrogen-bond acceptors (Lipinski definition) is 1. The third kappa shape index (κ3) is 2.77. The van der Waals surface area contributed by atoms with Crippen LogP contribution in [0.2, 0.25) is 0 Å². The number of aromatic nitrogens is 1. The van der Waals surface area contributed by atoms with Crippen molar-refractivity contribution in [3.05, 3.63) is 24.0 Å². The van der Waals surface area contributed by atoms with Crippen molar-refractivity contribution >= 4 is 5.91 Å². The molecule has 1 aromatic rings. The molecule has 0 aromatic carbocycles. The summed E-state index contributed by atoms with van der Waals surface area (Å²) in [6.45, 7) is 10.5. The fraction of sp³-hybridized carbons (Fsp3) is 0.667. The van der Waals surface area contributed by atoms with Gasteiger partial charge < -0.3 is 9.47 Å². The molecule has 2 heterocycles. The summed E-state index contributed by atoms with van der Waals surface area (Å²) >= 11 is 0. The Morgan fingerprint density at radius 2 is 2.11 bits per heavy atom. The molecule has 1 fully saturated rings. The van der Waals surface area contributed by atoms with Gasteiger partial charge in [0, 0.05) is 31.0 Å². The molecular weight excluding hydrogens is 224 g/mol. The molecule has 3 nitrogen and oxygen atoms in total. The van der Waals surface area contributed by atoms with E-state index in [2.05, 4.69) is 32.3 Å². The standard InChI is InChI=1S/C15H24N2O/c1-12-6-5-8-16(10-12)14(18)13-7-9-17(11-13)15(2,3)4/h7,9,11-12H,5-6,8,10H2,1-4H3. The topological polar surface area (TPSA) is 25.2 Å². The number of hydrogen-bond donors (Lipinski definition) is 0. The molecule has 0 saturated carbocycles. The van der Waals surface area contributed by atoms with Crippen LogP contribution in [0.3, 0.4) is 0 Å². The number of likely N-dealkylation sites (tertiary alicyclic amines) is 1. The summed E-state index contributed by atoms with van der Waals surface area (Å²) in [5, 5.41) is 0. The lowest BCUT2D eigenvalue weighted by molar-refractivity contribution is 0.0683. The third-order valence-corrected chi connectivity index (χ3v) is 3.66. The van der Waals surface area contributed by atoms with E-state index in [9.17, 15) is 4.79 Å². The summed E-state index contributed by atoms with van der Waals surface area (Å²) in [5.74, 6) is 0.817. The summed E-state index contributed by atoms with van der Waals surface area (Å²) in [5.41, 5.74) is 0.854. The maximum Gasteiger partial charge on any atom is 0.255 e. The van der Waals surface area contributed by atoms with Gasteiger partial charge in [-0.25, -0.2) is 0 Å². The van der Waals surface area contributed by atoms with Crippen molar-refractivity contribution in [2.75, 3.05) is 13.1 Å². The van der Waals surface area contributed by atoms with Crippen LogP contribution in [-0.2, 0) is 5.54 Å². The SMILES string of the molecule is CC1CCCN(C(=O)c2ccn(C(C)(C)C)c2)C1. The van der Waals surface area contributed by atoms with Crippen molar-refractivity contribution in [1.82, 2.24) is 9.47 Å². The zero-order chi connectivity index (χ0) is 13.3. The number of nitrogens with zero attached hydrogens (tertiary/aromatic N) is 2. The molecule has 1 atom stereocenters. The largest absolute Gasteiger partial charge is 0.348 e. The van der Waals surface area contributed by atoms with E-state index < -0.39 is 0 Å². The highest BCUT2D eigenvalue weighted by molar-refractivity contribution is 5.94. The first-order valence-corrected chi connectivity index (χ1v) is 6.85. The lowest BCUT2D eigenvalue weighted by atomic mass is 10.00. The highest BCUT2D eigenvalue weighted by atomic mass is 16.2. The van der Waals surface area contributed by atoms with Gasteiger partial charge in [0.15, 0.2) is 0 Å². The van der Waals surface area contributed by atoms with Crippen LogP contribution in [0.15, 0.2) is 18.5 Å². The molecule has 0 N–H and O–H groups in total. The summed E-state index contributed by atoms with van der Waals surface area (Å²) in [4.78, 5) is 14.4. The first kappa shape index (κ1) is 13.2. The average Bonchev–Trinajstić information content (AvgIpc) is 2.77. The Hall–Kier alpha value is -1.25. The second-order valence-electron chi connectivity index (χ2n) is 6.48. The van der Waals surface area contributed by atoms with Crippen LogP contribution in [0, 0.1) is 5.92 Å². The first-order chi connectivity index (χ1) is 8.38. The number of piperidine rings is 1. The van der Waals surface area contributed by atoms with Crippen molar-refractivity contribution in [3.8, 4) is 0 Å². The monoisotopic (exact) mass is 248 g/mol. The average molecular weight is 248 g/mol. The lowest BCUT2D eigenvalue weighted by Crippen LogP contribution is -2.39. The Labute approximate surface area is 110 Å². The molecule has 0 radical (unpaired) electrons. The molecule has 1 aromatic heterocycles. The Morgan fingerprint density at radius 1 is 1.39 bits per heavy atom. The molecule has 1 amide bonds. The van der Waals surface area contributed by atoms with Gasteiger partial charge in [0.2, 0.25) is 0 Å². The molecule has 0 spiro atoms. The Balaban J connectivity index is 2.11. The summed E-state index contributed by atoms with van der Waals surface area (Å²) < 4.78 is 2.10. The van der Waals surface area contributed by atoms with E-state index in [0.717, 1.165) is 25.1 Å². The summed E-state index contributed by atoms with van der Waals surface area (Å²) in [6, 6.07) is 1.94. The molecule has 0 bridgehead atoms. The van der Waals surface area contributed by atoms with Gasteiger partial charge >= 0.3 is 0 Å². The van der Waals surface area contributed by atoms with E-state index in [1.54, 1.807) is 0 Å². The fourth-order valence-corrected chi connectivity index (χ4v) is 2.50. The Kier molecular flexibility index (Phi) is 3.51. The van der Waals surface area contributed by atoms with E-state index in [1.165, 1.54) is 6.42 Å². The fourth-order valence-electron chi connectivity index (χ4n) is 2.50. The molecular formula is C15H24N2O. The summed E-state index contributed by atoms with van der Waals surface area (Å²) in [6.07, 6.45) is 6.35. The Morgan fingerprint density at radius 3 is 2.67 bits per heavy atom. The highest BCUT2D eigenvalue weighted by Gasteiger charge is 2.23. The molecule has 1 aliphatic rings. The zero-order valence-corrected chi connectivity index (χ0v) is 11.9. The van der Waals surface area contributed by atoms with Crippen LogP contribution in [0.25, 0.3) is 0 Å². The minimum Gasteiger partial charge on any atom is -0.348 e. The molecule has 3 heteroatoms. The van der Waals surface area contributed by atoms with Gasteiger partial charge in [0.1, 0.15) is 0 Å². The molecule has 1 unspecified atom stereocenters. The predicted molar refractivity (Wildman–Crippen MR) is 73.7 cm³/mol. The van der Waals surface area contributed by atoms with Crippen molar-refractivity contribution in [1.29, 1.82) is 0 Å². The maximum atomic E-state index is 12.4. The molecule has 1 aliphatic heterocycles. The second kappa shape index (κ2) is 4.79. The quantitative estimate of drug-likeness (QED) is 0.749. The number of carbonyl (C=O) groups excluding carboxylic acids is 1. The maximum absolute atomic E-state index is 12.4. The normalized spacial score (nSPS) is 21.1. The van der Waals surface area contributed by atoms with Gasteiger partial charge in [-0.2, -0.15) is 0 Å². The number of rotatable bonds is 1. The number of amides is 1. The van der Waals surface area contributed by atoms with Crippen molar-refractivity contribution < 1.29 is 4.79 Å². The van der Waals surface area contributed by atoms with Crippen LogP contribution < -0.4 is 0 Å². The third-order valence-electron chi connectivity index (χ3n) is 3.66. The van der Waals surface area contributed by atoms with Crippen molar-refractivity contribution in [2.24, 2.45) is 5.92 Å². The Bertz CT molecular complexity index is 428. The predicted octanol–water partition coefficient (Wildman–Crippen LogP) is 3.12. The lowest BCUT2D eigenvalue weighted by Gasteiger charge is -2.30. The summed E-state index contributed by atoms with van der Waals surface area (Å²) in [7, 11) is 0. The van der Waals surface area contributed by atoms with Gasteiger partial charge in [0.05, 0.1) is 5.56 Å². The van der Waals surface area contributed by atoms with Crippen molar-refractivity contribution in [3.63, 3.8) is 0 Å². The highest BCUT2D eigenvalue weighted by Crippen LogP contribution is 2.20. The van der Waals surface area contributed by atoms with Crippen LogP contribution >= 0.6 is 0 Å². The molecule has 0 aliphatic carbocycles. The molecule has 18 heavy (non-hydrogen) atoms.